The van der Waals surface area contributed by atoms with E-state index in [0.717, 1.165) is 25.7 Å². The SMILES string of the molecule is CC1(C(=O)Nc2ccc(Cl)c(O)c2)CCCC1. The average molecular weight is 254 g/mol. The molecule has 2 rings (SSSR count). The Balaban J connectivity index is 2.10. The van der Waals surface area contributed by atoms with Crippen LogP contribution < -0.4 is 5.32 Å². The Kier molecular flexibility index (Phi) is 3.29. The van der Waals surface area contributed by atoms with Crippen LogP contribution in [0.2, 0.25) is 5.02 Å². The van der Waals surface area contributed by atoms with E-state index >= 15 is 0 Å². The van der Waals surface area contributed by atoms with Crippen molar-refractivity contribution in [1.29, 1.82) is 0 Å². The summed E-state index contributed by atoms with van der Waals surface area (Å²) in [6.07, 6.45) is 4.07. The van der Waals surface area contributed by atoms with E-state index in [1.54, 1.807) is 12.1 Å². The standard InChI is InChI=1S/C13H16ClNO2/c1-13(6-2-3-7-13)12(17)15-9-4-5-10(14)11(16)8-9/h4-5,8,16H,2-3,6-7H2,1H3,(H,15,17). The molecule has 0 radical (unpaired) electrons. The number of hydrogen-bond acceptors (Lipinski definition) is 2. The van der Waals surface area contributed by atoms with Gasteiger partial charge in [-0.2, -0.15) is 0 Å². The van der Waals surface area contributed by atoms with E-state index < -0.39 is 0 Å². The fourth-order valence-corrected chi connectivity index (χ4v) is 2.37. The Morgan fingerprint density at radius 1 is 1.41 bits per heavy atom. The molecule has 2 N–H and O–H groups in total. The molecule has 0 bridgehead atoms. The minimum absolute atomic E-state index is 0.0129. The number of nitrogens with one attached hydrogen (secondary N) is 1. The number of hydrogen-bond donors (Lipinski definition) is 2. The maximum atomic E-state index is 12.1. The van der Waals surface area contributed by atoms with Gasteiger partial charge in [0.25, 0.3) is 0 Å². The largest absolute Gasteiger partial charge is 0.506 e. The molecule has 0 unspecified atom stereocenters. The Labute approximate surface area is 106 Å². The van der Waals surface area contributed by atoms with Gasteiger partial charge in [-0.25, -0.2) is 0 Å². The highest BCUT2D eigenvalue weighted by atomic mass is 35.5. The Bertz CT molecular complexity index is 439. The minimum atomic E-state index is -0.269. The third-order valence-electron chi connectivity index (χ3n) is 3.46. The summed E-state index contributed by atoms with van der Waals surface area (Å²) in [7, 11) is 0. The number of carbonyl (C=O) groups excluding carboxylic acids is 1. The van der Waals surface area contributed by atoms with Gasteiger partial charge in [-0.1, -0.05) is 31.4 Å². The number of carbonyl (C=O) groups is 1. The van der Waals surface area contributed by atoms with Crippen molar-refractivity contribution < 1.29 is 9.90 Å². The molecule has 0 aliphatic heterocycles. The monoisotopic (exact) mass is 253 g/mol. The molecule has 0 atom stereocenters. The van der Waals surface area contributed by atoms with Crippen LogP contribution in [0.25, 0.3) is 0 Å². The lowest BCUT2D eigenvalue weighted by Gasteiger charge is -2.22. The maximum Gasteiger partial charge on any atom is 0.230 e. The summed E-state index contributed by atoms with van der Waals surface area (Å²) in [5.74, 6) is 0.0118. The smallest absolute Gasteiger partial charge is 0.230 e. The van der Waals surface area contributed by atoms with Crippen LogP contribution >= 0.6 is 11.6 Å². The molecule has 0 heterocycles. The van der Waals surface area contributed by atoms with Crippen LogP contribution in [0.1, 0.15) is 32.6 Å². The van der Waals surface area contributed by atoms with Crippen LogP contribution in [0, 0.1) is 5.41 Å². The lowest BCUT2D eigenvalue weighted by atomic mass is 9.88. The molecular weight excluding hydrogens is 238 g/mol. The number of amides is 1. The number of phenols is 1. The van der Waals surface area contributed by atoms with Gasteiger partial charge in [0.1, 0.15) is 5.75 Å². The molecule has 17 heavy (non-hydrogen) atoms. The van der Waals surface area contributed by atoms with Crippen molar-refractivity contribution in [3.8, 4) is 5.75 Å². The third-order valence-corrected chi connectivity index (χ3v) is 3.78. The second-order valence-electron chi connectivity index (χ2n) is 4.89. The van der Waals surface area contributed by atoms with Gasteiger partial charge in [-0.15, -0.1) is 0 Å². The van der Waals surface area contributed by atoms with Gasteiger partial charge in [0.2, 0.25) is 5.91 Å². The molecule has 1 aliphatic carbocycles. The van der Waals surface area contributed by atoms with Crippen molar-refractivity contribution in [2.24, 2.45) is 5.41 Å². The van der Waals surface area contributed by atoms with Gasteiger partial charge in [-0.3, -0.25) is 4.79 Å². The lowest BCUT2D eigenvalue weighted by molar-refractivity contribution is -0.124. The third kappa shape index (κ3) is 2.55. The predicted molar refractivity (Wildman–Crippen MR) is 68.3 cm³/mol. The summed E-state index contributed by atoms with van der Waals surface area (Å²) in [4.78, 5) is 12.1. The first kappa shape index (κ1) is 12.2. The van der Waals surface area contributed by atoms with Crippen molar-refractivity contribution in [1.82, 2.24) is 0 Å². The van der Waals surface area contributed by atoms with Gasteiger partial charge < -0.3 is 10.4 Å². The number of rotatable bonds is 2. The molecule has 1 aromatic carbocycles. The Morgan fingerprint density at radius 2 is 2.06 bits per heavy atom. The second kappa shape index (κ2) is 4.57. The number of phenolic OH excluding ortho intramolecular Hbond substituents is 1. The summed E-state index contributed by atoms with van der Waals surface area (Å²) < 4.78 is 0. The summed E-state index contributed by atoms with van der Waals surface area (Å²) in [5.41, 5.74) is 0.319. The van der Waals surface area contributed by atoms with Crippen molar-refractivity contribution >= 4 is 23.2 Å². The molecule has 1 fully saturated rings. The van der Waals surface area contributed by atoms with Gasteiger partial charge in [-0.05, 0) is 25.0 Å². The van der Waals surface area contributed by atoms with Crippen molar-refractivity contribution in [3.63, 3.8) is 0 Å². The van der Waals surface area contributed by atoms with E-state index in [4.69, 9.17) is 11.6 Å². The van der Waals surface area contributed by atoms with Crippen molar-refractivity contribution in [2.45, 2.75) is 32.6 Å². The van der Waals surface area contributed by atoms with E-state index in [9.17, 15) is 9.90 Å². The quantitative estimate of drug-likeness (QED) is 0.847. The highest BCUT2D eigenvalue weighted by molar-refractivity contribution is 6.32. The highest BCUT2D eigenvalue weighted by Crippen LogP contribution is 2.38. The molecule has 92 valence electrons. The highest BCUT2D eigenvalue weighted by Gasteiger charge is 2.36. The topological polar surface area (TPSA) is 49.3 Å². The first-order chi connectivity index (χ1) is 8.01. The number of aromatic hydroxyl groups is 1. The first-order valence-electron chi connectivity index (χ1n) is 5.81. The van der Waals surface area contributed by atoms with Gasteiger partial charge in [0, 0.05) is 17.2 Å². The van der Waals surface area contributed by atoms with E-state index in [-0.39, 0.29) is 22.1 Å². The minimum Gasteiger partial charge on any atom is -0.506 e. The number of halogens is 1. The summed E-state index contributed by atoms with van der Waals surface area (Å²) in [6.45, 7) is 1.99. The molecule has 1 aliphatic rings. The molecular formula is C13H16ClNO2. The lowest BCUT2D eigenvalue weighted by Crippen LogP contribution is -2.30. The molecule has 0 aromatic heterocycles. The second-order valence-corrected chi connectivity index (χ2v) is 5.30. The zero-order valence-corrected chi connectivity index (χ0v) is 10.5. The van der Waals surface area contributed by atoms with Crippen LogP contribution in [0.5, 0.6) is 5.75 Å². The Morgan fingerprint density at radius 3 is 2.65 bits per heavy atom. The van der Waals surface area contributed by atoms with Gasteiger partial charge >= 0.3 is 0 Å². The summed E-state index contributed by atoms with van der Waals surface area (Å²) in [5, 5.41) is 12.6. The zero-order chi connectivity index (χ0) is 12.5. The fraction of sp³-hybridized carbons (Fsp3) is 0.462. The predicted octanol–water partition coefficient (Wildman–Crippen LogP) is 3.56. The van der Waals surface area contributed by atoms with Gasteiger partial charge in [0.15, 0.2) is 0 Å². The van der Waals surface area contributed by atoms with Crippen molar-refractivity contribution in [3.05, 3.63) is 23.2 Å². The molecule has 3 nitrogen and oxygen atoms in total. The van der Waals surface area contributed by atoms with E-state index in [1.165, 1.54) is 6.07 Å². The fourth-order valence-electron chi connectivity index (χ4n) is 2.25. The molecule has 0 spiro atoms. The van der Waals surface area contributed by atoms with Crippen LogP contribution in [0.15, 0.2) is 18.2 Å². The maximum absolute atomic E-state index is 12.1. The van der Waals surface area contributed by atoms with Crippen LogP contribution in [0.4, 0.5) is 5.69 Å². The molecule has 1 saturated carbocycles. The van der Waals surface area contributed by atoms with E-state index in [2.05, 4.69) is 5.32 Å². The summed E-state index contributed by atoms with van der Waals surface area (Å²) >= 11 is 5.71. The average Bonchev–Trinajstić information content (AvgIpc) is 2.72. The van der Waals surface area contributed by atoms with Gasteiger partial charge in [0.05, 0.1) is 5.02 Å². The van der Waals surface area contributed by atoms with Crippen LogP contribution in [-0.4, -0.2) is 11.0 Å². The Hall–Kier alpha value is -1.22. The zero-order valence-electron chi connectivity index (χ0n) is 9.79. The molecule has 4 heteroatoms. The normalized spacial score (nSPS) is 18.0. The van der Waals surface area contributed by atoms with Crippen LogP contribution in [0.3, 0.4) is 0 Å². The van der Waals surface area contributed by atoms with Crippen LogP contribution in [-0.2, 0) is 4.79 Å². The molecule has 0 saturated heterocycles. The summed E-state index contributed by atoms with van der Waals surface area (Å²) in [6, 6.07) is 4.74. The molecule has 1 amide bonds. The van der Waals surface area contributed by atoms with E-state index in [0.29, 0.717) is 5.69 Å². The first-order valence-corrected chi connectivity index (χ1v) is 6.19. The molecule has 1 aromatic rings. The number of anilines is 1. The van der Waals surface area contributed by atoms with E-state index in [1.807, 2.05) is 6.92 Å². The number of benzene rings is 1. The van der Waals surface area contributed by atoms with Crippen molar-refractivity contribution in [2.75, 3.05) is 5.32 Å².